The summed E-state index contributed by atoms with van der Waals surface area (Å²) in [5.74, 6) is 4.52. The number of hydrogen-bond donors (Lipinski definition) is 1. The second-order valence-electron chi connectivity index (χ2n) is 7.75. The fourth-order valence-electron chi connectivity index (χ4n) is 5.38. The highest BCUT2D eigenvalue weighted by Gasteiger charge is 2.44. The maximum Gasteiger partial charge on any atom is 0.102 e. The van der Waals surface area contributed by atoms with Crippen LogP contribution in [0.4, 0.5) is 0 Å². The van der Waals surface area contributed by atoms with E-state index in [0.29, 0.717) is 12.1 Å². The molecule has 0 saturated carbocycles. The summed E-state index contributed by atoms with van der Waals surface area (Å²) in [7, 11) is 0. The molecule has 3 aliphatic heterocycles. The number of nitrogens with zero attached hydrogens (tertiary/aromatic N) is 1. The van der Waals surface area contributed by atoms with Crippen molar-refractivity contribution >= 4 is 6.21 Å². The molecule has 0 radical (unpaired) electrons. The number of nitrogens with one attached hydrogen (secondary N) is 1. The first kappa shape index (κ1) is 14.9. The highest BCUT2D eigenvalue weighted by Crippen LogP contribution is 2.43. The van der Waals surface area contributed by atoms with Crippen molar-refractivity contribution in [1.82, 2.24) is 5.32 Å². The van der Waals surface area contributed by atoms with E-state index in [0.717, 1.165) is 49.3 Å². The van der Waals surface area contributed by atoms with Crippen molar-refractivity contribution in [3.63, 3.8) is 0 Å². The van der Waals surface area contributed by atoms with E-state index in [9.17, 15) is 0 Å². The highest BCUT2D eigenvalue weighted by atomic mass is 16.5. The predicted molar refractivity (Wildman–Crippen MR) is 89.9 cm³/mol. The zero-order chi connectivity index (χ0) is 14.9. The molecular weight excluding hydrogens is 272 g/mol. The van der Waals surface area contributed by atoms with Crippen LogP contribution in [-0.2, 0) is 4.74 Å². The normalized spacial score (nSPS) is 47.8. The standard InChI is InChI=1S/C19H30N2O/c1-2-13-5-3-4-6-16(13)15-9-17-18(14-7-8-22-12-14)11-21-19(17)20-10-15/h4,6,10,13-19,21H,2-3,5,7-9,11-12H2,1H3. The van der Waals surface area contributed by atoms with Gasteiger partial charge >= 0.3 is 0 Å². The molecule has 4 rings (SSSR count). The Balaban J connectivity index is 1.49. The molecule has 22 heavy (non-hydrogen) atoms. The number of aliphatic imine (C=N–C) groups is 1. The third-order valence-electron chi connectivity index (χ3n) is 6.70. The van der Waals surface area contributed by atoms with Crippen LogP contribution in [0.3, 0.4) is 0 Å². The molecule has 0 spiro atoms. The smallest absolute Gasteiger partial charge is 0.102 e. The molecule has 2 fully saturated rings. The first-order valence-electron chi connectivity index (χ1n) is 9.38. The van der Waals surface area contributed by atoms with Crippen LogP contribution >= 0.6 is 0 Å². The van der Waals surface area contributed by atoms with Gasteiger partial charge in [-0.1, -0.05) is 25.5 Å². The Morgan fingerprint density at radius 1 is 1.27 bits per heavy atom. The zero-order valence-corrected chi connectivity index (χ0v) is 13.8. The molecule has 1 N–H and O–H groups in total. The van der Waals surface area contributed by atoms with E-state index < -0.39 is 0 Å². The molecule has 0 bridgehead atoms. The van der Waals surface area contributed by atoms with E-state index in [1.165, 1.54) is 32.1 Å². The molecule has 122 valence electrons. The van der Waals surface area contributed by atoms with Gasteiger partial charge in [0.2, 0.25) is 0 Å². The van der Waals surface area contributed by atoms with Crippen molar-refractivity contribution in [2.24, 2.45) is 40.5 Å². The fraction of sp³-hybridized carbons (Fsp3) is 0.842. The van der Waals surface area contributed by atoms with E-state index in [4.69, 9.17) is 9.73 Å². The summed E-state index contributed by atoms with van der Waals surface area (Å²) in [4.78, 5) is 4.93. The Bertz CT molecular complexity index is 441. The summed E-state index contributed by atoms with van der Waals surface area (Å²) in [5.41, 5.74) is 0. The molecule has 2 saturated heterocycles. The van der Waals surface area contributed by atoms with E-state index >= 15 is 0 Å². The van der Waals surface area contributed by atoms with Gasteiger partial charge in [-0.3, -0.25) is 10.3 Å². The summed E-state index contributed by atoms with van der Waals surface area (Å²) in [6, 6.07) is 0. The summed E-state index contributed by atoms with van der Waals surface area (Å²) in [6.07, 6.45) is 14.1. The molecule has 0 aromatic heterocycles. The molecule has 7 atom stereocenters. The minimum Gasteiger partial charge on any atom is -0.381 e. The number of hydrogen-bond acceptors (Lipinski definition) is 3. The average Bonchev–Trinajstić information content (AvgIpc) is 3.23. The minimum absolute atomic E-state index is 0.384. The van der Waals surface area contributed by atoms with Gasteiger partial charge < -0.3 is 4.74 Å². The second kappa shape index (κ2) is 6.45. The van der Waals surface area contributed by atoms with Gasteiger partial charge in [-0.15, -0.1) is 0 Å². The van der Waals surface area contributed by atoms with Gasteiger partial charge in [0.05, 0.1) is 0 Å². The SMILES string of the molecule is CCC1CCC=CC1C1C=NC2NCC(C3CCOC3)C2C1. The molecule has 0 amide bonds. The zero-order valence-electron chi connectivity index (χ0n) is 13.8. The summed E-state index contributed by atoms with van der Waals surface area (Å²) >= 11 is 0. The quantitative estimate of drug-likeness (QED) is 0.812. The largest absolute Gasteiger partial charge is 0.381 e. The number of ether oxygens (including phenoxy) is 1. The lowest BCUT2D eigenvalue weighted by Gasteiger charge is -2.38. The van der Waals surface area contributed by atoms with Gasteiger partial charge in [0, 0.05) is 31.9 Å². The molecule has 3 nitrogen and oxygen atoms in total. The van der Waals surface area contributed by atoms with Crippen LogP contribution in [0.5, 0.6) is 0 Å². The van der Waals surface area contributed by atoms with Crippen molar-refractivity contribution in [2.45, 2.75) is 45.2 Å². The van der Waals surface area contributed by atoms with Crippen molar-refractivity contribution in [2.75, 3.05) is 19.8 Å². The van der Waals surface area contributed by atoms with Gasteiger partial charge in [-0.05, 0) is 55.3 Å². The molecule has 4 aliphatic rings. The van der Waals surface area contributed by atoms with Gasteiger partial charge in [-0.2, -0.15) is 0 Å². The molecule has 3 heteroatoms. The van der Waals surface area contributed by atoms with Gasteiger partial charge in [-0.25, -0.2) is 0 Å². The van der Waals surface area contributed by atoms with Crippen LogP contribution in [0.1, 0.15) is 39.0 Å². The maximum atomic E-state index is 5.65. The van der Waals surface area contributed by atoms with Crippen LogP contribution in [0.2, 0.25) is 0 Å². The van der Waals surface area contributed by atoms with E-state index in [-0.39, 0.29) is 0 Å². The second-order valence-corrected chi connectivity index (χ2v) is 7.75. The lowest BCUT2D eigenvalue weighted by molar-refractivity contribution is 0.150. The van der Waals surface area contributed by atoms with Crippen LogP contribution in [0, 0.1) is 35.5 Å². The number of fused-ring (bicyclic) bond motifs is 1. The number of rotatable bonds is 3. The summed E-state index contributed by atoms with van der Waals surface area (Å²) in [6.45, 7) is 5.44. The lowest BCUT2D eigenvalue weighted by Crippen LogP contribution is -2.37. The Labute approximate surface area is 134 Å². The molecular formula is C19H30N2O. The van der Waals surface area contributed by atoms with Crippen molar-refractivity contribution in [1.29, 1.82) is 0 Å². The molecule has 0 aromatic rings. The Morgan fingerprint density at radius 2 is 2.23 bits per heavy atom. The van der Waals surface area contributed by atoms with Crippen LogP contribution in [-0.4, -0.2) is 32.1 Å². The number of allylic oxidation sites excluding steroid dienone is 2. The summed E-state index contributed by atoms with van der Waals surface area (Å²) < 4.78 is 5.65. The monoisotopic (exact) mass is 302 g/mol. The third kappa shape index (κ3) is 2.67. The topological polar surface area (TPSA) is 33.6 Å². The lowest BCUT2D eigenvalue weighted by atomic mass is 9.69. The van der Waals surface area contributed by atoms with Gasteiger partial charge in [0.1, 0.15) is 6.17 Å². The van der Waals surface area contributed by atoms with E-state index in [1.54, 1.807) is 0 Å². The van der Waals surface area contributed by atoms with Crippen LogP contribution in [0.25, 0.3) is 0 Å². The van der Waals surface area contributed by atoms with Crippen LogP contribution in [0.15, 0.2) is 17.1 Å². The first-order valence-corrected chi connectivity index (χ1v) is 9.38. The summed E-state index contributed by atoms with van der Waals surface area (Å²) in [5, 5.41) is 3.66. The maximum absolute atomic E-state index is 5.65. The third-order valence-corrected chi connectivity index (χ3v) is 6.70. The molecule has 0 aromatic carbocycles. The van der Waals surface area contributed by atoms with Crippen molar-refractivity contribution in [3.05, 3.63) is 12.2 Å². The predicted octanol–water partition coefficient (Wildman–Crippen LogP) is 3.27. The first-order chi connectivity index (χ1) is 10.9. The van der Waals surface area contributed by atoms with Gasteiger partial charge in [0.15, 0.2) is 0 Å². The molecule has 1 aliphatic carbocycles. The minimum atomic E-state index is 0.384. The van der Waals surface area contributed by atoms with E-state index in [2.05, 4.69) is 30.6 Å². The Kier molecular flexibility index (Phi) is 4.36. The molecule has 7 unspecified atom stereocenters. The Hall–Kier alpha value is -0.670. The van der Waals surface area contributed by atoms with Crippen molar-refractivity contribution < 1.29 is 4.74 Å². The highest BCUT2D eigenvalue weighted by molar-refractivity contribution is 5.63. The van der Waals surface area contributed by atoms with Crippen molar-refractivity contribution in [3.8, 4) is 0 Å². The van der Waals surface area contributed by atoms with Crippen LogP contribution < -0.4 is 5.32 Å². The van der Waals surface area contributed by atoms with E-state index in [1.807, 2.05) is 0 Å². The Morgan fingerprint density at radius 3 is 3.05 bits per heavy atom. The van der Waals surface area contributed by atoms with Gasteiger partial charge in [0.25, 0.3) is 0 Å². The molecule has 3 heterocycles. The average molecular weight is 302 g/mol. The fourth-order valence-corrected chi connectivity index (χ4v) is 5.38.